The molecule has 2 aromatic carbocycles. The largest absolute Gasteiger partial charge is 0.491 e. The molecule has 6 nitrogen and oxygen atoms in total. The molecule has 1 amide bonds. The molecule has 0 aliphatic carbocycles. The van der Waals surface area contributed by atoms with Crippen LogP contribution in [0.2, 0.25) is 0 Å². The Labute approximate surface area is 170 Å². The number of hydrogen-bond acceptors (Lipinski definition) is 5. The molecule has 0 spiro atoms. The van der Waals surface area contributed by atoms with Crippen LogP contribution >= 0.6 is 0 Å². The van der Waals surface area contributed by atoms with Gasteiger partial charge in [0.25, 0.3) is 5.91 Å². The number of carbonyl (C=O) groups is 1. The third-order valence-electron chi connectivity index (χ3n) is 4.42. The molecule has 0 aliphatic rings. The Morgan fingerprint density at radius 3 is 2.48 bits per heavy atom. The minimum Gasteiger partial charge on any atom is -0.491 e. The van der Waals surface area contributed by atoms with Gasteiger partial charge in [-0.1, -0.05) is 42.5 Å². The lowest BCUT2D eigenvalue weighted by molar-refractivity contribution is 0.100. The van der Waals surface area contributed by atoms with Gasteiger partial charge in [-0.05, 0) is 29.3 Å². The van der Waals surface area contributed by atoms with Crippen LogP contribution < -0.4 is 15.8 Å². The SMILES string of the molecule is COCCOc1ccc(Cc2cc(NCc3ccccc3)c(C(N)=O)cn2)cc1. The van der Waals surface area contributed by atoms with Crippen molar-refractivity contribution in [1.82, 2.24) is 4.98 Å². The van der Waals surface area contributed by atoms with Crippen molar-refractivity contribution in [3.05, 3.63) is 89.2 Å². The van der Waals surface area contributed by atoms with Crippen molar-refractivity contribution in [3.8, 4) is 5.75 Å². The molecule has 0 aliphatic heterocycles. The number of nitrogens with one attached hydrogen (secondary N) is 1. The summed E-state index contributed by atoms with van der Waals surface area (Å²) in [6.07, 6.45) is 2.17. The zero-order valence-electron chi connectivity index (χ0n) is 16.4. The number of benzene rings is 2. The molecule has 1 heterocycles. The van der Waals surface area contributed by atoms with E-state index in [0.29, 0.717) is 37.4 Å². The highest BCUT2D eigenvalue weighted by Crippen LogP contribution is 2.20. The number of primary amides is 1. The summed E-state index contributed by atoms with van der Waals surface area (Å²) in [4.78, 5) is 16.2. The molecule has 0 saturated carbocycles. The fraction of sp³-hybridized carbons (Fsp3) is 0.217. The minimum absolute atomic E-state index is 0.381. The lowest BCUT2D eigenvalue weighted by atomic mass is 10.1. The minimum atomic E-state index is -0.503. The summed E-state index contributed by atoms with van der Waals surface area (Å²) >= 11 is 0. The van der Waals surface area contributed by atoms with E-state index in [2.05, 4.69) is 10.3 Å². The number of nitrogens with zero attached hydrogens (tertiary/aromatic N) is 1. The Hall–Kier alpha value is -3.38. The van der Waals surface area contributed by atoms with Gasteiger partial charge in [-0.25, -0.2) is 0 Å². The van der Waals surface area contributed by atoms with E-state index in [1.165, 1.54) is 6.20 Å². The van der Waals surface area contributed by atoms with E-state index < -0.39 is 5.91 Å². The van der Waals surface area contributed by atoms with Gasteiger partial charge in [-0.2, -0.15) is 0 Å². The first kappa shape index (κ1) is 20.4. The van der Waals surface area contributed by atoms with Crippen LogP contribution in [0.3, 0.4) is 0 Å². The van der Waals surface area contributed by atoms with Crippen molar-refractivity contribution >= 4 is 11.6 Å². The van der Waals surface area contributed by atoms with Gasteiger partial charge >= 0.3 is 0 Å². The number of ether oxygens (including phenoxy) is 2. The van der Waals surface area contributed by atoms with Crippen LogP contribution in [0, 0.1) is 0 Å². The monoisotopic (exact) mass is 391 g/mol. The van der Waals surface area contributed by atoms with E-state index in [9.17, 15) is 4.79 Å². The third kappa shape index (κ3) is 6.05. The number of rotatable bonds is 10. The molecule has 0 saturated heterocycles. The van der Waals surface area contributed by atoms with Gasteiger partial charge in [0.05, 0.1) is 17.9 Å². The Kier molecular flexibility index (Phi) is 7.19. The maximum atomic E-state index is 11.8. The van der Waals surface area contributed by atoms with Gasteiger partial charge < -0.3 is 20.5 Å². The van der Waals surface area contributed by atoms with Crippen LogP contribution in [-0.4, -0.2) is 31.2 Å². The van der Waals surface area contributed by atoms with E-state index in [1.807, 2.05) is 60.7 Å². The quantitative estimate of drug-likeness (QED) is 0.517. The number of pyridine rings is 1. The second-order valence-electron chi connectivity index (χ2n) is 6.59. The highest BCUT2D eigenvalue weighted by Gasteiger charge is 2.11. The summed E-state index contributed by atoms with van der Waals surface area (Å²) in [6.45, 7) is 1.66. The number of carbonyl (C=O) groups excluding carboxylic acids is 1. The Morgan fingerprint density at radius 1 is 1.03 bits per heavy atom. The molecule has 1 aromatic heterocycles. The zero-order chi connectivity index (χ0) is 20.5. The first-order valence-corrected chi connectivity index (χ1v) is 9.43. The van der Waals surface area contributed by atoms with Crippen molar-refractivity contribution in [1.29, 1.82) is 0 Å². The summed E-state index contributed by atoms with van der Waals surface area (Å²) < 4.78 is 10.6. The molecule has 3 aromatic rings. The average molecular weight is 391 g/mol. The predicted octanol–water partition coefficient (Wildman–Crippen LogP) is 3.41. The van der Waals surface area contributed by atoms with Crippen LogP contribution in [0.5, 0.6) is 5.75 Å². The Morgan fingerprint density at radius 2 is 1.79 bits per heavy atom. The molecule has 0 fully saturated rings. The van der Waals surface area contributed by atoms with E-state index in [0.717, 1.165) is 22.6 Å². The fourth-order valence-electron chi connectivity index (χ4n) is 2.89. The van der Waals surface area contributed by atoms with E-state index >= 15 is 0 Å². The van der Waals surface area contributed by atoms with Crippen molar-refractivity contribution in [2.24, 2.45) is 5.73 Å². The van der Waals surface area contributed by atoms with Crippen LogP contribution in [0.1, 0.15) is 27.2 Å². The van der Waals surface area contributed by atoms with Gasteiger partial charge in [0.2, 0.25) is 0 Å². The lowest BCUT2D eigenvalue weighted by Crippen LogP contribution is -2.15. The second-order valence-corrected chi connectivity index (χ2v) is 6.59. The zero-order valence-corrected chi connectivity index (χ0v) is 16.4. The Bertz CT molecular complexity index is 928. The van der Waals surface area contributed by atoms with Crippen LogP contribution in [0.25, 0.3) is 0 Å². The van der Waals surface area contributed by atoms with Crippen molar-refractivity contribution in [2.75, 3.05) is 25.6 Å². The van der Waals surface area contributed by atoms with Crippen molar-refractivity contribution in [2.45, 2.75) is 13.0 Å². The average Bonchev–Trinajstić information content (AvgIpc) is 2.74. The van der Waals surface area contributed by atoms with Gasteiger partial charge in [0.1, 0.15) is 12.4 Å². The van der Waals surface area contributed by atoms with E-state index in [1.54, 1.807) is 7.11 Å². The molecule has 0 bridgehead atoms. The summed E-state index contributed by atoms with van der Waals surface area (Å²) in [6, 6.07) is 19.7. The van der Waals surface area contributed by atoms with Gasteiger partial charge in [0.15, 0.2) is 0 Å². The number of hydrogen-bond donors (Lipinski definition) is 2. The van der Waals surface area contributed by atoms with Crippen LogP contribution in [-0.2, 0) is 17.7 Å². The smallest absolute Gasteiger partial charge is 0.252 e. The lowest BCUT2D eigenvalue weighted by Gasteiger charge is -2.12. The summed E-state index contributed by atoms with van der Waals surface area (Å²) in [5.74, 6) is 0.297. The first-order chi connectivity index (χ1) is 14.2. The van der Waals surface area contributed by atoms with Crippen LogP contribution in [0.15, 0.2) is 66.9 Å². The molecular weight excluding hydrogens is 366 g/mol. The number of amides is 1. The second kappa shape index (κ2) is 10.2. The molecule has 3 N–H and O–H groups in total. The molecule has 150 valence electrons. The summed E-state index contributed by atoms with van der Waals surface area (Å²) in [5, 5.41) is 3.30. The van der Waals surface area contributed by atoms with E-state index in [4.69, 9.17) is 15.2 Å². The highest BCUT2D eigenvalue weighted by atomic mass is 16.5. The van der Waals surface area contributed by atoms with Gasteiger partial charge in [-0.15, -0.1) is 0 Å². The maximum Gasteiger partial charge on any atom is 0.252 e. The molecule has 0 radical (unpaired) electrons. The standard InChI is InChI=1S/C23H25N3O3/c1-28-11-12-29-20-9-7-17(8-10-20)13-19-14-22(21(16-25-19)23(24)27)26-15-18-5-3-2-4-6-18/h2-10,14,16H,11-13,15H2,1H3,(H2,24,27)(H,25,26). The van der Waals surface area contributed by atoms with Crippen molar-refractivity contribution in [3.63, 3.8) is 0 Å². The van der Waals surface area contributed by atoms with Gasteiger partial charge in [-0.3, -0.25) is 9.78 Å². The number of nitrogens with two attached hydrogens (primary N) is 1. The molecule has 0 unspecified atom stereocenters. The number of methoxy groups -OCH3 is 1. The molecule has 3 rings (SSSR count). The maximum absolute atomic E-state index is 11.8. The van der Waals surface area contributed by atoms with E-state index in [-0.39, 0.29) is 0 Å². The molecular formula is C23H25N3O3. The van der Waals surface area contributed by atoms with Gasteiger partial charge in [0, 0.05) is 32.0 Å². The summed E-state index contributed by atoms with van der Waals surface area (Å²) in [5.41, 5.74) is 9.63. The fourth-order valence-corrected chi connectivity index (χ4v) is 2.89. The summed E-state index contributed by atoms with van der Waals surface area (Å²) in [7, 11) is 1.64. The molecule has 29 heavy (non-hydrogen) atoms. The normalized spacial score (nSPS) is 10.5. The molecule has 0 atom stereocenters. The topological polar surface area (TPSA) is 86.5 Å². The van der Waals surface area contributed by atoms with Crippen molar-refractivity contribution < 1.29 is 14.3 Å². The number of aromatic nitrogens is 1. The predicted molar refractivity (Wildman–Crippen MR) is 113 cm³/mol. The molecule has 6 heteroatoms. The Balaban J connectivity index is 1.70. The first-order valence-electron chi connectivity index (χ1n) is 9.43. The third-order valence-corrected chi connectivity index (χ3v) is 4.42. The highest BCUT2D eigenvalue weighted by molar-refractivity contribution is 5.98. The van der Waals surface area contributed by atoms with Crippen LogP contribution in [0.4, 0.5) is 5.69 Å². The number of anilines is 1.